The number of likely N-dealkylation sites (tertiary alicyclic amines) is 1. The first kappa shape index (κ1) is 19.9. The zero-order chi connectivity index (χ0) is 20.7. The van der Waals surface area contributed by atoms with Crippen molar-refractivity contribution in [1.29, 1.82) is 0 Å². The van der Waals surface area contributed by atoms with Crippen LogP contribution in [0.15, 0.2) is 42.5 Å². The number of aromatic nitrogens is 1. The van der Waals surface area contributed by atoms with Crippen molar-refractivity contribution >= 4 is 22.5 Å². The van der Waals surface area contributed by atoms with Gasteiger partial charge in [0.25, 0.3) is 0 Å². The van der Waals surface area contributed by atoms with Crippen LogP contribution >= 0.6 is 11.6 Å². The van der Waals surface area contributed by atoms with Crippen molar-refractivity contribution in [2.75, 3.05) is 33.8 Å². The fourth-order valence-corrected chi connectivity index (χ4v) is 5.38. The van der Waals surface area contributed by atoms with Crippen LogP contribution in [0.1, 0.15) is 42.1 Å². The van der Waals surface area contributed by atoms with E-state index in [0.717, 1.165) is 36.8 Å². The molecule has 0 amide bonds. The third-order valence-corrected chi connectivity index (χ3v) is 7.15. The highest BCUT2D eigenvalue weighted by Crippen LogP contribution is 2.38. The largest absolute Gasteiger partial charge is 0.494 e. The second-order valence-electron chi connectivity index (χ2n) is 8.82. The van der Waals surface area contributed by atoms with Gasteiger partial charge in [-0.25, -0.2) is 0 Å². The summed E-state index contributed by atoms with van der Waals surface area (Å²) in [5, 5.41) is 2.05. The van der Waals surface area contributed by atoms with Crippen LogP contribution in [0.2, 0.25) is 5.02 Å². The summed E-state index contributed by atoms with van der Waals surface area (Å²) in [4.78, 5) is 8.55. The standard InChI is InChI=1S/C25H30ClN3O/c1-28-13-3-4-19(28)12-15-30-20-8-5-17(6-9-20)25-24-21(11-14-29(25)2)22-16-18(26)7-10-23(22)27-24/h5-10,16,19,25,27H,3-4,11-15H2,1-2H3. The molecule has 3 heterocycles. The average molecular weight is 424 g/mol. The second-order valence-corrected chi connectivity index (χ2v) is 9.26. The SMILES string of the molecule is CN1CCCC1CCOc1ccc(C2c3[nH]c4ccc(Cl)cc4c3CCN2C)cc1. The zero-order valence-corrected chi connectivity index (χ0v) is 18.6. The summed E-state index contributed by atoms with van der Waals surface area (Å²) in [7, 11) is 4.42. The third kappa shape index (κ3) is 3.73. The molecular formula is C25H30ClN3O. The molecule has 3 aromatic rings. The molecule has 0 bridgehead atoms. The number of H-pyrrole nitrogens is 1. The van der Waals surface area contributed by atoms with Crippen LogP contribution in [0.5, 0.6) is 5.75 Å². The van der Waals surface area contributed by atoms with Gasteiger partial charge in [0.1, 0.15) is 5.75 Å². The molecule has 30 heavy (non-hydrogen) atoms. The maximum absolute atomic E-state index is 6.27. The number of rotatable bonds is 5. The third-order valence-electron chi connectivity index (χ3n) is 6.92. The van der Waals surface area contributed by atoms with E-state index in [-0.39, 0.29) is 6.04 Å². The monoisotopic (exact) mass is 423 g/mol. The molecule has 2 aromatic carbocycles. The summed E-state index contributed by atoms with van der Waals surface area (Å²) in [6.07, 6.45) is 4.75. The Morgan fingerprint density at radius 3 is 2.67 bits per heavy atom. The van der Waals surface area contributed by atoms with Crippen molar-refractivity contribution in [3.05, 3.63) is 64.3 Å². The minimum absolute atomic E-state index is 0.223. The van der Waals surface area contributed by atoms with Crippen LogP contribution in [0, 0.1) is 0 Å². The lowest BCUT2D eigenvalue weighted by molar-refractivity contribution is 0.233. The lowest BCUT2D eigenvalue weighted by atomic mass is 9.93. The Kier molecular flexibility index (Phi) is 5.48. The van der Waals surface area contributed by atoms with E-state index in [1.165, 1.54) is 47.1 Å². The Labute approximate surface area is 183 Å². The van der Waals surface area contributed by atoms with Gasteiger partial charge in [-0.1, -0.05) is 23.7 Å². The van der Waals surface area contributed by atoms with E-state index >= 15 is 0 Å². The Morgan fingerprint density at radius 2 is 1.90 bits per heavy atom. The molecule has 1 aromatic heterocycles. The summed E-state index contributed by atoms with van der Waals surface area (Å²) in [5.74, 6) is 0.960. The first-order valence-corrected chi connectivity index (χ1v) is 11.4. The van der Waals surface area contributed by atoms with Crippen LogP contribution in [-0.4, -0.2) is 54.6 Å². The molecule has 0 spiro atoms. The Bertz CT molecular complexity index is 1030. The lowest BCUT2D eigenvalue weighted by Crippen LogP contribution is -2.32. The number of hydrogen-bond acceptors (Lipinski definition) is 3. The first-order valence-electron chi connectivity index (χ1n) is 11.0. The number of aromatic amines is 1. The summed E-state index contributed by atoms with van der Waals surface area (Å²) in [6.45, 7) is 3.03. The van der Waals surface area contributed by atoms with Crippen LogP contribution in [0.25, 0.3) is 10.9 Å². The molecule has 0 radical (unpaired) electrons. The van der Waals surface area contributed by atoms with Gasteiger partial charge in [0.05, 0.1) is 12.6 Å². The van der Waals surface area contributed by atoms with Crippen molar-refractivity contribution in [2.24, 2.45) is 0 Å². The molecule has 1 N–H and O–H groups in total. The van der Waals surface area contributed by atoms with Crippen molar-refractivity contribution in [3.8, 4) is 5.75 Å². The molecule has 1 saturated heterocycles. The number of hydrogen-bond donors (Lipinski definition) is 1. The van der Waals surface area contributed by atoms with Gasteiger partial charge in [0, 0.05) is 34.2 Å². The maximum Gasteiger partial charge on any atom is 0.119 e. The van der Waals surface area contributed by atoms with Gasteiger partial charge in [0.2, 0.25) is 0 Å². The molecular weight excluding hydrogens is 394 g/mol. The smallest absolute Gasteiger partial charge is 0.119 e. The molecule has 2 atom stereocenters. The first-order chi connectivity index (χ1) is 14.6. The van der Waals surface area contributed by atoms with Crippen molar-refractivity contribution in [2.45, 2.75) is 37.8 Å². The lowest BCUT2D eigenvalue weighted by Gasteiger charge is -2.33. The van der Waals surface area contributed by atoms with E-state index in [9.17, 15) is 0 Å². The normalized spacial score (nSPS) is 22.5. The molecule has 5 heteroatoms. The number of benzene rings is 2. The van der Waals surface area contributed by atoms with Crippen molar-refractivity contribution in [3.63, 3.8) is 0 Å². The summed E-state index contributed by atoms with van der Waals surface area (Å²) in [6, 6.07) is 15.7. The number of nitrogens with zero attached hydrogens (tertiary/aromatic N) is 2. The number of fused-ring (bicyclic) bond motifs is 3. The fraction of sp³-hybridized carbons (Fsp3) is 0.440. The maximum atomic E-state index is 6.27. The quantitative estimate of drug-likeness (QED) is 0.607. The zero-order valence-electron chi connectivity index (χ0n) is 17.8. The van der Waals surface area contributed by atoms with E-state index in [0.29, 0.717) is 6.04 Å². The molecule has 1 fully saturated rings. The van der Waals surface area contributed by atoms with Gasteiger partial charge in [0.15, 0.2) is 0 Å². The summed E-state index contributed by atoms with van der Waals surface area (Å²) >= 11 is 6.27. The van der Waals surface area contributed by atoms with E-state index < -0.39 is 0 Å². The predicted molar refractivity (Wildman–Crippen MR) is 124 cm³/mol. The molecule has 0 aliphatic carbocycles. The number of ether oxygens (including phenoxy) is 1. The highest BCUT2D eigenvalue weighted by molar-refractivity contribution is 6.31. The Balaban J connectivity index is 1.33. The van der Waals surface area contributed by atoms with Gasteiger partial charge >= 0.3 is 0 Å². The molecule has 5 rings (SSSR count). The van der Waals surface area contributed by atoms with Gasteiger partial charge in [-0.05, 0) is 87.8 Å². The molecule has 2 aliphatic rings. The van der Waals surface area contributed by atoms with Gasteiger partial charge < -0.3 is 14.6 Å². The summed E-state index contributed by atoms with van der Waals surface area (Å²) in [5.41, 5.74) is 5.15. The van der Waals surface area contributed by atoms with Gasteiger partial charge in [-0.2, -0.15) is 0 Å². The molecule has 2 aliphatic heterocycles. The minimum atomic E-state index is 0.223. The molecule has 0 saturated carbocycles. The molecule has 158 valence electrons. The highest BCUT2D eigenvalue weighted by Gasteiger charge is 2.29. The minimum Gasteiger partial charge on any atom is -0.494 e. The van der Waals surface area contributed by atoms with E-state index in [2.05, 4.69) is 65.3 Å². The van der Waals surface area contributed by atoms with E-state index in [1.54, 1.807) is 0 Å². The Hall–Kier alpha value is -2.01. The summed E-state index contributed by atoms with van der Waals surface area (Å²) < 4.78 is 6.05. The van der Waals surface area contributed by atoms with E-state index in [4.69, 9.17) is 16.3 Å². The Morgan fingerprint density at radius 1 is 1.07 bits per heavy atom. The highest BCUT2D eigenvalue weighted by atomic mass is 35.5. The van der Waals surface area contributed by atoms with Crippen LogP contribution < -0.4 is 4.74 Å². The topological polar surface area (TPSA) is 31.5 Å². The van der Waals surface area contributed by atoms with Gasteiger partial charge in [-0.15, -0.1) is 0 Å². The number of likely N-dealkylation sites (N-methyl/N-ethyl adjacent to an activating group) is 1. The molecule has 2 unspecified atom stereocenters. The number of halogens is 1. The average Bonchev–Trinajstić information content (AvgIpc) is 3.31. The van der Waals surface area contributed by atoms with E-state index in [1.807, 2.05) is 6.07 Å². The predicted octanol–water partition coefficient (Wildman–Crippen LogP) is 5.26. The van der Waals surface area contributed by atoms with Crippen molar-refractivity contribution in [1.82, 2.24) is 14.8 Å². The van der Waals surface area contributed by atoms with Crippen LogP contribution in [0.4, 0.5) is 0 Å². The fourth-order valence-electron chi connectivity index (χ4n) is 5.21. The van der Waals surface area contributed by atoms with Gasteiger partial charge in [-0.3, -0.25) is 4.90 Å². The molecule has 4 nitrogen and oxygen atoms in total. The van der Waals surface area contributed by atoms with Crippen LogP contribution in [-0.2, 0) is 6.42 Å². The second kappa shape index (κ2) is 8.26. The van der Waals surface area contributed by atoms with Crippen LogP contribution in [0.3, 0.4) is 0 Å². The van der Waals surface area contributed by atoms with Crippen molar-refractivity contribution < 1.29 is 4.74 Å². The number of nitrogens with one attached hydrogen (secondary N) is 1.